The van der Waals surface area contributed by atoms with Gasteiger partial charge in [-0.15, -0.1) is 0 Å². The summed E-state index contributed by atoms with van der Waals surface area (Å²) in [5.74, 6) is 1.80. The van der Waals surface area contributed by atoms with E-state index in [0.29, 0.717) is 5.41 Å². The van der Waals surface area contributed by atoms with Gasteiger partial charge in [0.2, 0.25) is 0 Å². The van der Waals surface area contributed by atoms with Crippen molar-refractivity contribution in [3.63, 3.8) is 0 Å². The van der Waals surface area contributed by atoms with Gasteiger partial charge in [-0.3, -0.25) is 0 Å². The normalized spacial score (nSPS) is 41.9. The first-order valence-corrected chi connectivity index (χ1v) is 6.34. The van der Waals surface area contributed by atoms with E-state index < -0.39 is 0 Å². The lowest BCUT2D eigenvalue weighted by Crippen LogP contribution is -1.90. The molecule has 15 heavy (non-hydrogen) atoms. The predicted octanol–water partition coefficient (Wildman–Crippen LogP) is 4.73. The van der Waals surface area contributed by atoms with Gasteiger partial charge < -0.3 is 0 Å². The van der Waals surface area contributed by atoms with Crippen LogP contribution < -0.4 is 0 Å². The zero-order valence-electron chi connectivity index (χ0n) is 10.6. The molecule has 1 fully saturated rings. The molecule has 0 aromatic rings. The van der Waals surface area contributed by atoms with Crippen molar-refractivity contribution < 1.29 is 0 Å². The van der Waals surface area contributed by atoms with Crippen molar-refractivity contribution in [3.05, 3.63) is 23.3 Å². The maximum Gasteiger partial charge on any atom is -0.0143 e. The largest absolute Gasteiger partial charge is 0.0853 e. The van der Waals surface area contributed by atoms with E-state index in [1.165, 1.54) is 25.7 Å². The summed E-state index contributed by atoms with van der Waals surface area (Å²) in [4.78, 5) is 0. The fourth-order valence-corrected chi connectivity index (χ4v) is 3.09. The van der Waals surface area contributed by atoms with E-state index in [0.717, 1.165) is 11.8 Å². The summed E-state index contributed by atoms with van der Waals surface area (Å²) in [5, 5.41) is 0. The van der Waals surface area contributed by atoms with E-state index in [2.05, 4.69) is 39.8 Å². The zero-order chi connectivity index (χ0) is 11.1. The maximum atomic E-state index is 2.55. The molecule has 0 aromatic carbocycles. The molecule has 0 aliphatic heterocycles. The van der Waals surface area contributed by atoms with Gasteiger partial charge in [0, 0.05) is 0 Å². The molecule has 2 aliphatic rings. The van der Waals surface area contributed by atoms with Crippen molar-refractivity contribution >= 4 is 0 Å². The molecule has 0 aromatic heterocycles. The molecule has 0 heteroatoms. The summed E-state index contributed by atoms with van der Waals surface area (Å²) in [6.45, 7) is 9.47. The van der Waals surface area contributed by atoms with E-state index in [4.69, 9.17) is 0 Å². The molecule has 1 saturated carbocycles. The molecule has 0 unspecified atom stereocenters. The van der Waals surface area contributed by atoms with Crippen LogP contribution in [-0.4, -0.2) is 0 Å². The van der Waals surface area contributed by atoms with Gasteiger partial charge in [0.15, 0.2) is 0 Å². The second-order valence-electron chi connectivity index (χ2n) is 6.09. The maximum absolute atomic E-state index is 2.55. The average molecular weight is 204 g/mol. The fraction of sp³-hybridized carbons (Fsp3) is 0.733. The van der Waals surface area contributed by atoms with Crippen molar-refractivity contribution in [1.29, 1.82) is 0 Å². The van der Waals surface area contributed by atoms with E-state index in [-0.39, 0.29) is 0 Å². The lowest BCUT2D eigenvalue weighted by Gasteiger charge is -2.05. The Bertz CT molecular complexity index is 304. The van der Waals surface area contributed by atoms with Crippen molar-refractivity contribution in [2.45, 2.75) is 53.4 Å². The van der Waals surface area contributed by atoms with Crippen LogP contribution in [0.1, 0.15) is 53.4 Å². The second kappa shape index (κ2) is 3.81. The van der Waals surface area contributed by atoms with Crippen molar-refractivity contribution in [2.24, 2.45) is 17.3 Å². The number of hydrogen-bond acceptors (Lipinski definition) is 0. The Morgan fingerprint density at radius 1 is 1.13 bits per heavy atom. The third-order valence-electron chi connectivity index (χ3n) is 4.48. The lowest BCUT2D eigenvalue weighted by atomic mass is 10.0. The van der Waals surface area contributed by atoms with Crippen LogP contribution in [0.2, 0.25) is 0 Å². The summed E-state index contributed by atoms with van der Waals surface area (Å²) in [6, 6.07) is 0. The topological polar surface area (TPSA) is 0 Å². The average Bonchev–Trinajstić information content (AvgIpc) is 2.65. The lowest BCUT2D eigenvalue weighted by molar-refractivity contribution is 0.528. The smallest absolute Gasteiger partial charge is 0.0143 e. The van der Waals surface area contributed by atoms with Gasteiger partial charge in [-0.05, 0) is 56.8 Å². The van der Waals surface area contributed by atoms with Crippen LogP contribution in [-0.2, 0) is 0 Å². The predicted molar refractivity (Wildman–Crippen MR) is 66.7 cm³/mol. The SMILES string of the molecule is C/C1=C\[C@H]2[C@@H](CC/C(C)=C/CC1)C2(C)C. The van der Waals surface area contributed by atoms with Gasteiger partial charge in [-0.1, -0.05) is 37.1 Å². The Balaban J connectivity index is 2.13. The molecule has 2 rings (SSSR count). The Morgan fingerprint density at radius 3 is 2.60 bits per heavy atom. The molecular formula is C15H24. The minimum atomic E-state index is 0.575. The highest BCUT2D eigenvalue weighted by molar-refractivity contribution is 5.19. The van der Waals surface area contributed by atoms with Crippen molar-refractivity contribution in [1.82, 2.24) is 0 Å². The number of rotatable bonds is 0. The van der Waals surface area contributed by atoms with Gasteiger partial charge in [0.05, 0.1) is 0 Å². The molecule has 84 valence electrons. The van der Waals surface area contributed by atoms with Crippen LogP contribution in [0.5, 0.6) is 0 Å². The van der Waals surface area contributed by atoms with E-state index in [1.807, 2.05) is 0 Å². The van der Waals surface area contributed by atoms with Gasteiger partial charge in [-0.25, -0.2) is 0 Å². The highest BCUT2D eigenvalue weighted by atomic mass is 14.6. The molecule has 0 bridgehead atoms. The van der Waals surface area contributed by atoms with Crippen molar-refractivity contribution in [2.75, 3.05) is 0 Å². The van der Waals surface area contributed by atoms with E-state index >= 15 is 0 Å². The first kappa shape index (κ1) is 11.0. The summed E-state index contributed by atoms with van der Waals surface area (Å²) in [6.07, 6.45) is 10.2. The van der Waals surface area contributed by atoms with Crippen LogP contribution in [0.25, 0.3) is 0 Å². The molecule has 2 atom stereocenters. The Hall–Kier alpha value is -0.520. The van der Waals surface area contributed by atoms with Gasteiger partial charge in [0.25, 0.3) is 0 Å². The Labute approximate surface area is 94.5 Å². The van der Waals surface area contributed by atoms with Crippen LogP contribution in [0.4, 0.5) is 0 Å². The highest BCUT2D eigenvalue weighted by Gasteiger charge is 2.55. The van der Waals surface area contributed by atoms with Gasteiger partial charge in [-0.2, -0.15) is 0 Å². The van der Waals surface area contributed by atoms with Gasteiger partial charge >= 0.3 is 0 Å². The third kappa shape index (κ3) is 2.19. The molecule has 0 saturated heterocycles. The first-order chi connectivity index (χ1) is 7.01. The fourth-order valence-electron chi connectivity index (χ4n) is 3.09. The number of allylic oxidation sites excluding steroid dienone is 4. The van der Waals surface area contributed by atoms with Crippen molar-refractivity contribution in [3.8, 4) is 0 Å². The quantitative estimate of drug-likeness (QED) is 0.501. The molecule has 0 radical (unpaired) electrons. The number of hydrogen-bond donors (Lipinski definition) is 0. The minimum absolute atomic E-state index is 0.575. The Morgan fingerprint density at radius 2 is 1.87 bits per heavy atom. The molecule has 0 heterocycles. The second-order valence-corrected chi connectivity index (χ2v) is 6.09. The van der Waals surface area contributed by atoms with Gasteiger partial charge in [0.1, 0.15) is 0 Å². The Kier molecular flexibility index (Phi) is 2.79. The van der Waals surface area contributed by atoms with Crippen LogP contribution >= 0.6 is 0 Å². The number of fused-ring (bicyclic) bond motifs is 1. The third-order valence-corrected chi connectivity index (χ3v) is 4.48. The molecule has 0 spiro atoms. The molecule has 0 nitrogen and oxygen atoms in total. The van der Waals surface area contributed by atoms with Crippen LogP contribution in [0, 0.1) is 17.3 Å². The summed E-state index contributed by atoms with van der Waals surface area (Å²) >= 11 is 0. The molecule has 0 N–H and O–H groups in total. The van der Waals surface area contributed by atoms with E-state index in [9.17, 15) is 0 Å². The standard InChI is InChI=1S/C15H24/c1-11-6-5-7-12(2)10-14-13(9-8-11)15(14,3)4/h6,10,13-14H,5,7-9H2,1-4H3/b11-6+,12-10+/t13-,14+/m1/s1. The monoisotopic (exact) mass is 204 g/mol. The highest BCUT2D eigenvalue weighted by Crippen LogP contribution is 2.61. The zero-order valence-corrected chi connectivity index (χ0v) is 10.6. The molecular weight excluding hydrogens is 180 g/mol. The van der Waals surface area contributed by atoms with E-state index in [1.54, 1.807) is 11.1 Å². The molecule has 2 aliphatic carbocycles. The summed E-state index contributed by atoms with van der Waals surface area (Å²) in [5.41, 5.74) is 3.78. The molecule has 0 amide bonds. The summed E-state index contributed by atoms with van der Waals surface area (Å²) in [7, 11) is 0. The first-order valence-electron chi connectivity index (χ1n) is 6.34. The summed E-state index contributed by atoms with van der Waals surface area (Å²) < 4.78 is 0. The minimum Gasteiger partial charge on any atom is -0.0853 e. The van der Waals surface area contributed by atoms with Crippen LogP contribution in [0.3, 0.4) is 0 Å². The van der Waals surface area contributed by atoms with Crippen LogP contribution in [0.15, 0.2) is 23.3 Å².